The Labute approximate surface area is 131 Å². The van der Waals surface area contributed by atoms with Crippen molar-refractivity contribution in [1.29, 1.82) is 0 Å². The van der Waals surface area contributed by atoms with Crippen LogP contribution >= 0.6 is 15.9 Å². The molecule has 2 bridgehead atoms. The molecule has 2 aliphatic rings. The molecule has 0 saturated carbocycles. The second kappa shape index (κ2) is 6.07. The first-order chi connectivity index (χ1) is 9.69. The van der Waals surface area contributed by atoms with Gasteiger partial charge in [-0.05, 0) is 69.3 Å². The van der Waals surface area contributed by atoms with Crippen molar-refractivity contribution in [3.8, 4) is 0 Å². The summed E-state index contributed by atoms with van der Waals surface area (Å²) in [5, 5.41) is 3.73. The molecule has 1 aromatic rings. The van der Waals surface area contributed by atoms with Gasteiger partial charge in [0.15, 0.2) is 0 Å². The highest BCUT2D eigenvalue weighted by atomic mass is 79.9. The Hall–Kier alpha value is -0.540. The molecule has 0 aromatic heterocycles. The average Bonchev–Trinajstić information content (AvgIpc) is 2.71. The van der Waals surface area contributed by atoms with Crippen LogP contribution < -0.4 is 10.2 Å². The van der Waals surface area contributed by atoms with Gasteiger partial charge >= 0.3 is 0 Å². The van der Waals surface area contributed by atoms with Crippen molar-refractivity contribution in [2.24, 2.45) is 0 Å². The van der Waals surface area contributed by atoms with Gasteiger partial charge in [-0.25, -0.2) is 0 Å². The molecule has 2 nitrogen and oxygen atoms in total. The van der Waals surface area contributed by atoms with Gasteiger partial charge in [0.2, 0.25) is 0 Å². The maximum Gasteiger partial charge on any atom is 0.0374 e. The zero-order valence-corrected chi connectivity index (χ0v) is 14.1. The van der Waals surface area contributed by atoms with Gasteiger partial charge < -0.3 is 10.2 Å². The number of nitrogens with one attached hydrogen (secondary N) is 1. The van der Waals surface area contributed by atoms with Crippen LogP contribution in [0.1, 0.15) is 44.6 Å². The van der Waals surface area contributed by atoms with Gasteiger partial charge in [0, 0.05) is 28.3 Å². The third-order valence-corrected chi connectivity index (χ3v) is 5.75. The Morgan fingerprint density at radius 1 is 1.25 bits per heavy atom. The van der Waals surface area contributed by atoms with Crippen LogP contribution in [0.2, 0.25) is 0 Å². The van der Waals surface area contributed by atoms with E-state index in [9.17, 15) is 0 Å². The largest absolute Gasteiger partial charge is 0.365 e. The van der Waals surface area contributed by atoms with Crippen LogP contribution in [0.3, 0.4) is 0 Å². The van der Waals surface area contributed by atoms with E-state index in [0.717, 1.165) is 18.1 Å². The SMILES string of the molecule is CCCNC1CC2CCC(C1)N2c1ccc(Br)c(C)c1. The molecule has 2 atom stereocenters. The van der Waals surface area contributed by atoms with Crippen LogP contribution in [0.4, 0.5) is 5.69 Å². The van der Waals surface area contributed by atoms with E-state index in [1.165, 1.54) is 54.4 Å². The number of anilines is 1. The maximum absolute atomic E-state index is 3.73. The molecule has 3 rings (SSSR count). The second-order valence-corrected chi connectivity index (χ2v) is 7.20. The summed E-state index contributed by atoms with van der Waals surface area (Å²) in [7, 11) is 0. The van der Waals surface area contributed by atoms with Gasteiger partial charge in [-0.2, -0.15) is 0 Å². The number of fused-ring (bicyclic) bond motifs is 2. The van der Waals surface area contributed by atoms with Gasteiger partial charge in [0.1, 0.15) is 0 Å². The predicted octanol–water partition coefficient (Wildman–Crippen LogP) is 4.26. The molecule has 2 aliphatic heterocycles. The maximum atomic E-state index is 3.73. The van der Waals surface area contributed by atoms with Gasteiger partial charge in [-0.1, -0.05) is 22.9 Å². The standard InChI is InChI=1S/C17H25BrN2/c1-3-8-19-13-10-15-4-5-16(11-13)20(15)14-6-7-17(18)12(2)9-14/h6-7,9,13,15-16,19H,3-5,8,10-11H2,1-2H3. The monoisotopic (exact) mass is 336 g/mol. The highest BCUT2D eigenvalue weighted by Crippen LogP contribution is 2.40. The highest BCUT2D eigenvalue weighted by molar-refractivity contribution is 9.10. The minimum absolute atomic E-state index is 0.736. The zero-order chi connectivity index (χ0) is 14.1. The molecule has 0 amide bonds. The fourth-order valence-corrected chi connectivity index (χ4v) is 4.15. The molecule has 110 valence electrons. The normalized spacial score (nSPS) is 28.9. The van der Waals surface area contributed by atoms with Crippen molar-refractivity contribution in [2.75, 3.05) is 11.4 Å². The lowest BCUT2D eigenvalue weighted by molar-refractivity contribution is 0.357. The molecule has 0 aliphatic carbocycles. The number of hydrogen-bond donors (Lipinski definition) is 1. The van der Waals surface area contributed by atoms with Gasteiger partial charge in [0.25, 0.3) is 0 Å². The van der Waals surface area contributed by atoms with E-state index in [1.54, 1.807) is 0 Å². The number of halogens is 1. The third-order valence-electron chi connectivity index (χ3n) is 4.86. The summed E-state index contributed by atoms with van der Waals surface area (Å²) < 4.78 is 1.22. The molecule has 2 heterocycles. The van der Waals surface area contributed by atoms with E-state index in [2.05, 4.69) is 58.2 Å². The first-order valence-electron chi connectivity index (χ1n) is 7.97. The molecule has 2 unspecified atom stereocenters. The number of rotatable bonds is 4. The van der Waals surface area contributed by atoms with Gasteiger partial charge in [-0.15, -0.1) is 0 Å². The smallest absolute Gasteiger partial charge is 0.0374 e. The van der Waals surface area contributed by atoms with E-state index in [1.807, 2.05) is 0 Å². The van der Waals surface area contributed by atoms with Crippen LogP contribution in [0.25, 0.3) is 0 Å². The molecule has 1 aromatic carbocycles. The number of aryl methyl sites for hydroxylation is 1. The van der Waals surface area contributed by atoms with Crippen molar-refractivity contribution in [2.45, 2.75) is 64.1 Å². The average molecular weight is 337 g/mol. The minimum atomic E-state index is 0.736. The number of hydrogen-bond acceptors (Lipinski definition) is 2. The lowest BCUT2D eigenvalue weighted by Crippen LogP contribution is -2.49. The van der Waals surface area contributed by atoms with Crippen LogP contribution in [0, 0.1) is 6.92 Å². The summed E-state index contributed by atoms with van der Waals surface area (Å²) in [5.74, 6) is 0. The Balaban J connectivity index is 1.74. The predicted molar refractivity (Wildman–Crippen MR) is 89.5 cm³/mol. The lowest BCUT2D eigenvalue weighted by Gasteiger charge is -2.41. The Kier molecular flexibility index (Phi) is 4.37. The highest BCUT2D eigenvalue weighted by Gasteiger charge is 2.40. The summed E-state index contributed by atoms with van der Waals surface area (Å²) in [5.41, 5.74) is 2.76. The molecule has 0 spiro atoms. The first kappa shape index (κ1) is 14.4. The first-order valence-corrected chi connectivity index (χ1v) is 8.76. The summed E-state index contributed by atoms with van der Waals surface area (Å²) in [6.07, 6.45) is 6.59. The van der Waals surface area contributed by atoms with Crippen molar-refractivity contribution in [3.05, 3.63) is 28.2 Å². The minimum Gasteiger partial charge on any atom is -0.365 e. The lowest BCUT2D eigenvalue weighted by atomic mass is 9.96. The zero-order valence-electron chi connectivity index (χ0n) is 12.5. The van der Waals surface area contributed by atoms with Crippen LogP contribution in [-0.2, 0) is 0 Å². The molecular formula is C17H25BrN2. The molecule has 3 heteroatoms. The molecule has 0 radical (unpaired) electrons. The summed E-state index contributed by atoms with van der Waals surface area (Å²) >= 11 is 3.61. The number of piperidine rings is 1. The Bertz CT molecular complexity index is 460. The molecular weight excluding hydrogens is 312 g/mol. The molecule has 2 fully saturated rings. The van der Waals surface area contributed by atoms with Crippen molar-refractivity contribution in [3.63, 3.8) is 0 Å². The van der Waals surface area contributed by atoms with Crippen molar-refractivity contribution < 1.29 is 0 Å². The van der Waals surface area contributed by atoms with Crippen LogP contribution in [0.5, 0.6) is 0 Å². The number of nitrogens with zero attached hydrogens (tertiary/aromatic N) is 1. The van der Waals surface area contributed by atoms with Gasteiger partial charge in [0.05, 0.1) is 0 Å². The Morgan fingerprint density at radius 3 is 2.55 bits per heavy atom. The Morgan fingerprint density at radius 2 is 1.95 bits per heavy atom. The van der Waals surface area contributed by atoms with E-state index in [4.69, 9.17) is 0 Å². The quantitative estimate of drug-likeness (QED) is 0.883. The van der Waals surface area contributed by atoms with E-state index in [-0.39, 0.29) is 0 Å². The van der Waals surface area contributed by atoms with Crippen LogP contribution in [-0.4, -0.2) is 24.7 Å². The number of benzene rings is 1. The third kappa shape index (κ3) is 2.75. The molecule has 2 saturated heterocycles. The van der Waals surface area contributed by atoms with Crippen molar-refractivity contribution >= 4 is 21.6 Å². The summed E-state index contributed by atoms with van der Waals surface area (Å²) in [6, 6.07) is 9.04. The van der Waals surface area contributed by atoms with E-state index in [0.29, 0.717) is 0 Å². The molecule has 1 N–H and O–H groups in total. The van der Waals surface area contributed by atoms with E-state index < -0.39 is 0 Å². The fraction of sp³-hybridized carbons (Fsp3) is 0.647. The fourth-order valence-electron chi connectivity index (χ4n) is 3.90. The van der Waals surface area contributed by atoms with Gasteiger partial charge in [-0.3, -0.25) is 0 Å². The van der Waals surface area contributed by atoms with Crippen LogP contribution in [0.15, 0.2) is 22.7 Å². The molecule has 20 heavy (non-hydrogen) atoms. The van der Waals surface area contributed by atoms with Crippen molar-refractivity contribution in [1.82, 2.24) is 5.32 Å². The van der Waals surface area contributed by atoms with E-state index >= 15 is 0 Å². The summed E-state index contributed by atoms with van der Waals surface area (Å²) in [4.78, 5) is 2.70. The second-order valence-electron chi connectivity index (χ2n) is 6.35. The summed E-state index contributed by atoms with van der Waals surface area (Å²) in [6.45, 7) is 5.61. The topological polar surface area (TPSA) is 15.3 Å².